The lowest BCUT2D eigenvalue weighted by Crippen LogP contribution is -2.36. The highest BCUT2D eigenvalue weighted by molar-refractivity contribution is 7.79. The first-order chi connectivity index (χ1) is 7.38. The van der Waals surface area contributed by atoms with Crippen LogP contribution in [0.1, 0.15) is 46.0 Å². The van der Waals surface area contributed by atoms with Gasteiger partial charge in [0.15, 0.2) is 0 Å². The summed E-state index contributed by atoms with van der Waals surface area (Å²) < 4.78 is 31.6. The molecule has 0 aromatic rings. The molecule has 0 amide bonds. The minimum absolute atomic E-state index is 0.916. The van der Waals surface area contributed by atoms with Crippen LogP contribution < -0.4 is 0 Å². The van der Waals surface area contributed by atoms with Crippen molar-refractivity contribution < 1.29 is 17.5 Å². The van der Waals surface area contributed by atoms with E-state index >= 15 is 0 Å². The van der Waals surface area contributed by atoms with Gasteiger partial charge in [0.25, 0.3) is 0 Å². The smallest absolute Gasteiger partial charge is 0.301 e. The minimum Gasteiger partial charge on any atom is -0.301 e. The zero-order valence-corrected chi connectivity index (χ0v) is 10.9. The first kappa shape index (κ1) is 15.8. The molecule has 0 aliphatic heterocycles. The molecule has 1 fully saturated rings. The van der Waals surface area contributed by atoms with Crippen molar-refractivity contribution in [2.45, 2.75) is 52.0 Å². The van der Waals surface area contributed by atoms with Gasteiger partial charge in [-0.3, -0.25) is 9.11 Å². The fourth-order valence-corrected chi connectivity index (χ4v) is 2.19. The molecule has 1 aliphatic carbocycles. The van der Waals surface area contributed by atoms with Gasteiger partial charge in [0, 0.05) is 6.04 Å². The molecule has 16 heavy (non-hydrogen) atoms. The molecule has 2 N–H and O–H groups in total. The predicted molar refractivity (Wildman–Crippen MR) is 64.0 cm³/mol. The van der Waals surface area contributed by atoms with E-state index < -0.39 is 10.4 Å². The maximum atomic E-state index is 8.74. The second kappa shape index (κ2) is 8.00. The zero-order chi connectivity index (χ0) is 12.6. The van der Waals surface area contributed by atoms with Crippen molar-refractivity contribution in [1.29, 1.82) is 0 Å². The largest absolute Gasteiger partial charge is 0.394 e. The molecular formula is C10H23NO4S. The van der Waals surface area contributed by atoms with Gasteiger partial charge in [-0.05, 0) is 25.9 Å². The van der Waals surface area contributed by atoms with Gasteiger partial charge in [-0.2, -0.15) is 8.42 Å². The third-order valence-corrected chi connectivity index (χ3v) is 2.90. The molecule has 0 radical (unpaired) electrons. The van der Waals surface area contributed by atoms with Crippen LogP contribution in [-0.4, -0.2) is 41.6 Å². The van der Waals surface area contributed by atoms with Crippen LogP contribution in [0, 0.1) is 0 Å². The molecular weight excluding hydrogens is 230 g/mol. The molecule has 0 aromatic carbocycles. The van der Waals surface area contributed by atoms with Gasteiger partial charge >= 0.3 is 10.4 Å². The molecule has 0 spiro atoms. The van der Waals surface area contributed by atoms with Gasteiger partial charge < -0.3 is 4.90 Å². The zero-order valence-electron chi connectivity index (χ0n) is 10.1. The van der Waals surface area contributed by atoms with E-state index in [4.69, 9.17) is 17.5 Å². The van der Waals surface area contributed by atoms with Gasteiger partial charge in [-0.1, -0.05) is 33.1 Å². The Morgan fingerprint density at radius 1 is 1.06 bits per heavy atom. The Bertz CT molecular complexity index is 248. The van der Waals surface area contributed by atoms with Crippen LogP contribution in [0.5, 0.6) is 0 Å². The van der Waals surface area contributed by atoms with Crippen LogP contribution in [0.2, 0.25) is 0 Å². The van der Waals surface area contributed by atoms with Gasteiger partial charge in [0.2, 0.25) is 0 Å². The minimum atomic E-state index is -4.67. The van der Waals surface area contributed by atoms with Crippen molar-refractivity contribution >= 4 is 10.4 Å². The van der Waals surface area contributed by atoms with Crippen molar-refractivity contribution in [2.75, 3.05) is 13.1 Å². The average molecular weight is 253 g/mol. The molecule has 0 unspecified atom stereocenters. The lowest BCUT2D eigenvalue weighted by molar-refractivity contribution is 0.172. The molecule has 6 heteroatoms. The van der Waals surface area contributed by atoms with Crippen molar-refractivity contribution in [3.63, 3.8) is 0 Å². The Balaban J connectivity index is 0.000000385. The van der Waals surface area contributed by atoms with E-state index in [1.54, 1.807) is 0 Å². The first-order valence-corrected chi connectivity index (χ1v) is 7.22. The van der Waals surface area contributed by atoms with Gasteiger partial charge in [-0.25, -0.2) is 0 Å². The second-order valence-corrected chi connectivity index (χ2v) is 4.86. The monoisotopic (exact) mass is 253 g/mol. The molecule has 0 saturated heterocycles. The fraction of sp³-hybridized carbons (Fsp3) is 1.00. The van der Waals surface area contributed by atoms with Crippen LogP contribution >= 0.6 is 0 Å². The summed E-state index contributed by atoms with van der Waals surface area (Å²) >= 11 is 0. The Morgan fingerprint density at radius 3 is 1.75 bits per heavy atom. The highest BCUT2D eigenvalue weighted by Crippen LogP contribution is 2.21. The number of rotatable bonds is 3. The maximum Gasteiger partial charge on any atom is 0.394 e. The number of nitrogens with zero attached hydrogens (tertiary/aromatic N) is 1. The van der Waals surface area contributed by atoms with E-state index in [1.165, 1.54) is 45.2 Å². The van der Waals surface area contributed by atoms with Crippen molar-refractivity contribution in [1.82, 2.24) is 4.90 Å². The summed E-state index contributed by atoms with van der Waals surface area (Å²) in [6.45, 7) is 7.03. The summed E-state index contributed by atoms with van der Waals surface area (Å²) in [4.78, 5) is 2.61. The SMILES string of the molecule is CCN(CC)C1CCCCC1.O=S(=O)(O)O. The summed E-state index contributed by atoms with van der Waals surface area (Å²) in [5.41, 5.74) is 0. The van der Waals surface area contributed by atoms with Gasteiger partial charge in [-0.15, -0.1) is 0 Å². The van der Waals surface area contributed by atoms with E-state index in [2.05, 4.69) is 18.7 Å². The van der Waals surface area contributed by atoms with Crippen LogP contribution in [-0.2, 0) is 10.4 Å². The molecule has 0 atom stereocenters. The van der Waals surface area contributed by atoms with Crippen LogP contribution in [0.3, 0.4) is 0 Å². The topological polar surface area (TPSA) is 77.8 Å². The summed E-state index contributed by atoms with van der Waals surface area (Å²) in [7, 11) is -4.67. The highest BCUT2D eigenvalue weighted by atomic mass is 32.3. The van der Waals surface area contributed by atoms with E-state index in [0.29, 0.717) is 0 Å². The Morgan fingerprint density at radius 2 is 1.44 bits per heavy atom. The van der Waals surface area contributed by atoms with Crippen LogP contribution in [0.25, 0.3) is 0 Å². The summed E-state index contributed by atoms with van der Waals surface area (Å²) in [6.07, 6.45) is 7.28. The van der Waals surface area contributed by atoms with Gasteiger partial charge in [0.1, 0.15) is 0 Å². The molecule has 0 heterocycles. The van der Waals surface area contributed by atoms with Crippen LogP contribution in [0.4, 0.5) is 0 Å². The molecule has 98 valence electrons. The molecule has 0 aromatic heterocycles. The molecule has 5 nitrogen and oxygen atoms in total. The molecule has 1 saturated carbocycles. The maximum absolute atomic E-state index is 8.74. The lowest BCUT2D eigenvalue weighted by Gasteiger charge is -2.32. The fourth-order valence-electron chi connectivity index (χ4n) is 2.19. The summed E-state index contributed by atoms with van der Waals surface area (Å²) in [6, 6.07) is 0.916. The normalized spacial score (nSPS) is 18.1. The molecule has 1 aliphatic rings. The average Bonchev–Trinajstić information content (AvgIpc) is 2.19. The Kier molecular flexibility index (Phi) is 7.91. The van der Waals surface area contributed by atoms with Crippen molar-refractivity contribution in [2.24, 2.45) is 0 Å². The third kappa shape index (κ3) is 9.08. The summed E-state index contributed by atoms with van der Waals surface area (Å²) in [5, 5.41) is 0. The number of hydrogen-bond donors (Lipinski definition) is 2. The number of hydrogen-bond acceptors (Lipinski definition) is 3. The van der Waals surface area contributed by atoms with E-state index in [1.807, 2.05) is 0 Å². The van der Waals surface area contributed by atoms with Crippen molar-refractivity contribution in [3.05, 3.63) is 0 Å². The van der Waals surface area contributed by atoms with Gasteiger partial charge in [0.05, 0.1) is 0 Å². The highest BCUT2D eigenvalue weighted by Gasteiger charge is 2.17. The summed E-state index contributed by atoms with van der Waals surface area (Å²) in [5.74, 6) is 0. The lowest BCUT2D eigenvalue weighted by atomic mass is 9.94. The predicted octanol–water partition coefficient (Wildman–Crippen LogP) is 2.01. The standard InChI is InChI=1S/C10H21N.H2O4S/c1-3-11(4-2)10-8-6-5-7-9-10;1-5(2,3)4/h10H,3-9H2,1-2H3;(H2,1,2,3,4). The Labute approximate surface area is 98.4 Å². The van der Waals surface area contributed by atoms with Crippen LogP contribution in [0.15, 0.2) is 0 Å². The van der Waals surface area contributed by atoms with Crippen molar-refractivity contribution in [3.8, 4) is 0 Å². The Hall–Kier alpha value is -0.170. The first-order valence-electron chi connectivity index (χ1n) is 5.82. The van der Waals surface area contributed by atoms with E-state index in [9.17, 15) is 0 Å². The van der Waals surface area contributed by atoms with E-state index in [0.717, 1.165) is 6.04 Å². The van der Waals surface area contributed by atoms with E-state index in [-0.39, 0.29) is 0 Å². The second-order valence-electron chi connectivity index (χ2n) is 3.96. The molecule has 0 bridgehead atoms. The molecule has 1 rings (SSSR count). The quantitative estimate of drug-likeness (QED) is 0.752. The third-order valence-electron chi connectivity index (χ3n) is 2.90.